The van der Waals surface area contributed by atoms with Crippen LogP contribution in [0.1, 0.15) is 32.8 Å². The number of amides is 1. The van der Waals surface area contributed by atoms with Gasteiger partial charge in [0, 0.05) is 35.6 Å². The fourth-order valence-corrected chi connectivity index (χ4v) is 3.28. The van der Waals surface area contributed by atoms with E-state index in [1.807, 2.05) is 26.8 Å². The normalized spacial score (nSPS) is 24.5. The molecule has 2 unspecified atom stereocenters. The van der Waals surface area contributed by atoms with Gasteiger partial charge in [0.05, 0.1) is 13.2 Å². The molecular weight excluding hydrogens is 351 g/mol. The van der Waals surface area contributed by atoms with Crippen LogP contribution < -0.4 is 15.8 Å². The Labute approximate surface area is 154 Å². The summed E-state index contributed by atoms with van der Waals surface area (Å²) in [5.74, 6) is 0.448. The summed E-state index contributed by atoms with van der Waals surface area (Å²) in [7, 11) is 1.57. The second-order valence-corrected chi connectivity index (χ2v) is 6.85. The molecule has 2 atom stereocenters. The van der Waals surface area contributed by atoms with Crippen molar-refractivity contribution in [1.29, 1.82) is 0 Å². The molecule has 0 heterocycles. The molecule has 7 heteroatoms. The van der Waals surface area contributed by atoms with E-state index in [9.17, 15) is 4.79 Å². The molecule has 1 aromatic carbocycles. The van der Waals surface area contributed by atoms with Crippen molar-refractivity contribution >= 4 is 29.9 Å². The van der Waals surface area contributed by atoms with Gasteiger partial charge < -0.3 is 20.5 Å². The fraction of sp³-hybridized carbons (Fsp3) is 0.588. The third-order valence-electron chi connectivity index (χ3n) is 4.96. The second-order valence-electron chi connectivity index (χ2n) is 6.44. The average Bonchev–Trinajstić information content (AvgIpc) is 2.52. The van der Waals surface area contributed by atoms with Crippen molar-refractivity contribution < 1.29 is 14.3 Å². The minimum absolute atomic E-state index is 0. The van der Waals surface area contributed by atoms with E-state index in [1.54, 1.807) is 19.2 Å². The molecule has 5 nitrogen and oxygen atoms in total. The lowest BCUT2D eigenvalue weighted by Gasteiger charge is -2.57. The molecule has 1 amide bonds. The first kappa shape index (κ1) is 21.0. The number of nitrogens with two attached hydrogens (primary N) is 1. The number of benzene rings is 1. The van der Waals surface area contributed by atoms with Gasteiger partial charge in [-0.2, -0.15) is 0 Å². The predicted molar refractivity (Wildman–Crippen MR) is 97.8 cm³/mol. The third kappa shape index (κ3) is 3.49. The molecule has 0 spiro atoms. The number of ether oxygens (including phenoxy) is 2. The average molecular weight is 377 g/mol. The number of carbonyl (C=O) groups excluding carboxylic acids is 1. The monoisotopic (exact) mass is 376 g/mol. The molecule has 1 fully saturated rings. The van der Waals surface area contributed by atoms with Crippen molar-refractivity contribution in [2.24, 2.45) is 11.1 Å². The van der Waals surface area contributed by atoms with Crippen molar-refractivity contribution in [2.75, 3.05) is 13.7 Å². The van der Waals surface area contributed by atoms with E-state index in [2.05, 4.69) is 5.32 Å². The zero-order valence-electron chi connectivity index (χ0n) is 14.5. The van der Waals surface area contributed by atoms with Gasteiger partial charge in [0.2, 0.25) is 5.91 Å². The second kappa shape index (κ2) is 7.91. The first-order valence-corrected chi connectivity index (χ1v) is 8.16. The number of rotatable bonds is 6. The van der Waals surface area contributed by atoms with Crippen LogP contribution in [0.15, 0.2) is 18.2 Å². The largest absolute Gasteiger partial charge is 0.496 e. The lowest BCUT2D eigenvalue weighted by Crippen LogP contribution is -2.75. The first-order valence-electron chi connectivity index (χ1n) is 7.78. The van der Waals surface area contributed by atoms with E-state index in [1.165, 1.54) is 0 Å². The van der Waals surface area contributed by atoms with Crippen LogP contribution in [0.4, 0.5) is 0 Å². The maximum atomic E-state index is 12.6. The van der Waals surface area contributed by atoms with Crippen LogP contribution in [0.3, 0.4) is 0 Å². The molecular formula is C17H26Cl2N2O3. The van der Waals surface area contributed by atoms with Crippen LogP contribution >= 0.6 is 24.0 Å². The van der Waals surface area contributed by atoms with Crippen LogP contribution in [0.25, 0.3) is 0 Å². The molecule has 1 saturated carbocycles. The van der Waals surface area contributed by atoms with Crippen molar-refractivity contribution in [2.45, 2.75) is 45.4 Å². The molecule has 1 aliphatic rings. The Morgan fingerprint density at radius 3 is 2.67 bits per heavy atom. The highest BCUT2D eigenvalue weighted by molar-refractivity contribution is 6.31. The van der Waals surface area contributed by atoms with Gasteiger partial charge in [-0.25, -0.2) is 0 Å². The Morgan fingerprint density at radius 2 is 2.12 bits per heavy atom. The zero-order chi connectivity index (χ0) is 17.3. The van der Waals surface area contributed by atoms with E-state index in [0.717, 1.165) is 5.56 Å². The smallest absolute Gasteiger partial charge is 0.241 e. The van der Waals surface area contributed by atoms with Crippen LogP contribution in [0.2, 0.25) is 5.02 Å². The Kier molecular flexibility index (Phi) is 6.94. The van der Waals surface area contributed by atoms with Gasteiger partial charge in [-0.1, -0.05) is 31.5 Å². The SMILES string of the molecule is CCOC1CC(N)(C(=O)NCc2c(Cl)cccc2OC)C1(C)C.Cl. The molecule has 1 aliphatic carbocycles. The summed E-state index contributed by atoms with van der Waals surface area (Å²) < 4.78 is 10.9. The van der Waals surface area contributed by atoms with E-state index >= 15 is 0 Å². The molecule has 0 bridgehead atoms. The highest BCUT2D eigenvalue weighted by Gasteiger charge is 2.62. The quantitative estimate of drug-likeness (QED) is 0.800. The molecule has 0 radical (unpaired) electrons. The molecule has 3 N–H and O–H groups in total. The maximum absolute atomic E-state index is 12.6. The van der Waals surface area contributed by atoms with Crippen molar-refractivity contribution in [3.05, 3.63) is 28.8 Å². The number of nitrogens with one attached hydrogen (secondary N) is 1. The van der Waals surface area contributed by atoms with Gasteiger partial charge in [0.15, 0.2) is 0 Å². The van der Waals surface area contributed by atoms with E-state index in [4.69, 9.17) is 26.8 Å². The molecule has 2 rings (SSSR count). The molecule has 0 aromatic heterocycles. The minimum Gasteiger partial charge on any atom is -0.496 e. The van der Waals surface area contributed by atoms with E-state index in [0.29, 0.717) is 23.8 Å². The first-order chi connectivity index (χ1) is 10.8. The number of halogens is 2. The number of methoxy groups -OCH3 is 1. The summed E-state index contributed by atoms with van der Waals surface area (Å²) in [5, 5.41) is 3.44. The third-order valence-corrected chi connectivity index (χ3v) is 5.31. The summed E-state index contributed by atoms with van der Waals surface area (Å²) in [6.45, 7) is 6.76. The summed E-state index contributed by atoms with van der Waals surface area (Å²) in [6, 6.07) is 5.38. The molecule has 0 aliphatic heterocycles. The Bertz CT molecular complexity index is 595. The summed E-state index contributed by atoms with van der Waals surface area (Å²) in [5.41, 5.74) is 5.74. The maximum Gasteiger partial charge on any atom is 0.241 e. The number of carbonyl (C=O) groups is 1. The van der Waals surface area contributed by atoms with Crippen molar-refractivity contribution in [1.82, 2.24) is 5.32 Å². The summed E-state index contributed by atoms with van der Waals surface area (Å²) in [6.07, 6.45) is 0.511. The van der Waals surface area contributed by atoms with Gasteiger partial charge in [-0.05, 0) is 19.1 Å². The highest BCUT2D eigenvalue weighted by Crippen LogP contribution is 2.49. The standard InChI is InChI=1S/C17H25ClN2O3.ClH/c1-5-23-14-9-17(19,16(14,2)3)15(21)20-10-11-12(18)7-6-8-13(11)22-4;/h6-8,14H,5,9-10,19H2,1-4H3,(H,20,21);1H. The number of hydrogen-bond acceptors (Lipinski definition) is 4. The minimum atomic E-state index is -0.943. The van der Waals surface area contributed by atoms with Gasteiger partial charge in [0.1, 0.15) is 11.3 Å². The van der Waals surface area contributed by atoms with E-state index in [-0.39, 0.29) is 31.0 Å². The van der Waals surface area contributed by atoms with E-state index < -0.39 is 11.0 Å². The van der Waals surface area contributed by atoms with Gasteiger partial charge in [0.25, 0.3) is 0 Å². The van der Waals surface area contributed by atoms with Crippen molar-refractivity contribution in [3.63, 3.8) is 0 Å². The molecule has 0 saturated heterocycles. The number of hydrogen-bond donors (Lipinski definition) is 2. The lowest BCUT2D eigenvalue weighted by atomic mass is 9.54. The van der Waals surface area contributed by atoms with Crippen LogP contribution in [0, 0.1) is 5.41 Å². The van der Waals surface area contributed by atoms with Crippen LogP contribution in [0.5, 0.6) is 5.75 Å². The van der Waals surface area contributed by atoms with Crippen LogP contribution in [-0.4, -0.2) is 31.3 Å². The topological polar surface area (TPSA) is 73.6 Å². The fourth-order valence-electron chi connectivity index (χ4n) is 3.05. The highest BCUT2D eigenvalue weighted by atomic mass is 35.5. The van der Waals surface area contributed by atoms with Gasteiger partial charge in [-0.15, -0.1) is 12.4 Å². The predicted octanol–water partition coefficient (Wildman–Crippen LogP) is 2.92. The Morgan fingerprint density at radius 1 is 1.46 bits per heavy atom. The van der Waals surface area contributed by atoms with Crippen molar-refractivity contribution in [3.8, 4) is 5.75 Å². The molecule has 24 heavy (non-hydrogen) atoms. The molecule has 136 valence electrons. The molecule has 1 aromatic rings. The Hall–Kier alpha value is -1.01. The van der Waals surface area contributed by atoms with Gasteiger partial charge >= 0.3 is 0 Å². The zero-order valence-corrected chi connectivity index (χ0v) is 16.1. The Balaban J connectivity index is 0.00000288. The van der Waals surface area contributed by atoms with Gasteiger partial charge in [-0.3, -0.25) is 4.79 Å². The van der Waals surface area contributed by atoms with Crippen LogP contribution in [-0.2, 0) is 16.1 Å². The summed E-state index contributed by atoms with van der Waals surface area (Å²) >= 11 is 6.19. The lowest BCUT2D eigenvalue weighted by molar-refractivity contribution is -0.170. The summed E-state index contributed by atoms with van der Waals surface area (Å²) in [4.78, 5) is 12.6.